The average Bonchev–Trinajstić information content (AvgIpc) is 1.99. The van der Waals surface area contributed by atoms with E-state index in [1.165, 1.54) is 0 Å². The zero-order chi connectivity index (χ0) is 10.5. The third-order valence-electron chi connectivity index (χ3n) is 1.47. The van der Waals surface area contributed by atoms with Crippen LogP contribution >= 0.6 is 7.60 Å². The summed E-state index contributed by atoms with van der Waals surface area (Å²) in [5.41, 5.74) is -0.0681. The molecule has 0 radical (unpaired) electrons. The van der Waals surface area contributed by atoms with Crippen LogP contribution in [0.1, 0.15) is 41.0 Å². The predicted octanol–water partition coefficient (Wildman–Crippen LogP) is 3.44. The zero-order valence-electron chi connectivity index (χ0n) is 9.24. The molecule has 0 rings (SSSR count). The van der Waals surface area contributed by atoms with Gasteiger partial charge in [0, 0.05) is 0 Å². The van der Waals surface area contributed by atoms with Crippen LogP contribution in [0.25, 0.3) is 0 Å². The van der Waals surface area contributed by atoms with Gasteiger partial charge in [0.05, 0.1) is 18.4 Å². The van der Waals surface area contributed by atoms with Gasteiger partial charge in [-0.1, -0.05) is 20.8 Å². The van der Waals surface area contributed by atoms with Crippen molar-refractivity contribution in [3.63, 3.8) is 0 Å². The molecule has 0 aliphatic rings. The lowest BCUT2D eigenvalue weighted by atomic mass is 10.5. The molecule has 0 aromatic heterocycles. The molecular weight excluding hydrogens is 187 g/mol. The van der Waals surface area contributed by atoms with Crippen molar-refractivity contribution < 1.29 is 13.6 Å². The highest BCUT2D eigenvalue weighted by Crippen LogP contribution is 2.53. The van der Waals surface area contributed by atoms with Gasteiger partial charge in [0.1, 0.15) is 0 Å². The molecule has 0 aliphatic heterocycles. The highest BCUT2D eigenvalue weighted by Gasteiger charge is 2.29. The van der Waals surface area contributed by atoms with E-state index in [0.717, 1.165) is 6.42 Å². The van der Waals surface area contributed by atoms with Crippen LogP contribution < -0.4 is 0 Å². The molecule has 0 heterocycles. The van der Waals surface area contributed by atoms with Crippen molar-refractivity contribution in [1.29, 1.82) is 0 Å². The maximum atomic E-state index is 12.0. The van der Waals surface area contributed by atoms with Gasteiger partial charge in [-0.3, -0.25) is 4.57 Å². The van der Waals surface area contributed by atoms with Crippen molar-refractivity contribution in [3.05, 3.63) is 0 Å². The minimum atomic E-state index is -2.86. The van der Waals surface area contributed by atoms with Gasteiger partial charge < -0.3 is 9.05 Å². The molecule has 0 saturated carbocycles. The van der Waals surface area contributed by atoms with Gasteiger partial charge in [-0.2, -0.15) is 0 Å². The van der Waals surface area contributed by atoms with Crippen molar-refractivity contribution in [2.24, 2.45) is 0 Å². The van der Waals surface area contributed by atoms with Crippen LogP contribution in [0.4, 0.5) is 0 Å². The lowest BCUT2D eigenvalue weighted by molar-refractivity contribution is 0.164. The van der Waals surface area contributed by atoms with E-state index in [9.17, 15) is 4.57 Å². The number of hydrogen-bond acceptors (Lipinski definition) is 3. The van der Waals surface area contributed by atoms with E-state index in [4.69, 9.17) is 9.05 Å². The Labute approximate surface area is 81.3 Å². The summed E-state index contributed by atoms with van der Waals surface area (Å²) in [4.78, 5) is 0. The van der Waals surface area contributed by atoms with Gasteiger partial charge in [0.15, 0.2) is 0 Å². The van der Waals surface area contributed by atoms with Crippen LogP contribution in [-0.4, -0.2) is 18.4 Å². The van der Waals surface area contributed by atoms with Crippen LogP contribution in [0.2, 0.25) is 0 Å². The van der Waals surface area contributed by atoms with Gasteiger partial charge in [-0.15, -0.1) is 0 Å². The van der Waals surface area contributed by atoms with E-state index < -0.39 is 7.60 Å². The zero-order valence-corrected chi connectivity index (χ0v) is 10.1. The Morgan fingerprint density at radius 2 is 1.77 bits per heavy atom. The Bertz CT molecular complexity index is 178. The summed E-state index contributed by atoms with van der Waals surface area (Å²) in [5.74, 6) is 0. The summed E-state index contributed by atoms with van der Waals surface area (Å²) in [5, 5.41) is 0. The topological polar surface area (TPSA) is 35.5 Å². The van der Waals surface area contributed by atoms with Crippen LogP contribution in [0.15, 0.2) is 0 Å². The molecule has 0 saturated heterocycles. The second-order valence-corrected chi connectivity index (χ2v) is 6.20. The third kappa shape index (κ3) is 4.80. The third-order valence-corrected chi connectivity index (χ3v) is 3.99. The van der Waals surface area contributed by atoms with Gasteiger partial charge >= 0.3 is 7.60 Å². The van der Waals surface area contributed by atoms with E-state index in [2.05, 4.69) is 0 Å². The average molecular weight is 208 g/mol. The quantitative estimate of drug-likeness (QED) is 0.627. The Hall–Kier alpha value is 0.150. The lowest BCUT2D eigenvalue weighted by Crippen LogP contribution is -2.10. The number of hydrogen-bond donors (Lipinski definition) is 0. The van der Waals surface area contributed by atoms with E-state index in [1.807, 2.05) is 34.6 Å². The van der Waals surface area contributed by atoms with Gasteiger partial charge in [0.2, 0.25) is 0 Å². The monoisotopic (exact) mass is 208 g/mol. The fourth-order valence-electron chi connectivity index (χ4n) is 0.814. The molecule has 1 atom stereocenters. The van der Waals surface area contributed by atoms with Crippen LogP contribution in [0.3, 0.4) is 0 Å². The van der Waals surface area contributed by atoms with Crippen LogP contribution in [0.5, 0.6) is 0 Å². The smallest absolute Gasteiger partial charge is 0.308 e. The molecule has 0 spiro atoms. The maximum Gasteiger partial charge on any atom is 0.333 e. The first-order valence-corrected chi connectivity index (χ1v) is 6.46. The van der Waals surface area contributed by atoms with E-state index in [1.54, 1.807) is 0 Å². The second kappa shape index (κ2) is 5.79. The van der Waals surface area contributed by atoms with E-state index in [0.29, 0.717) is 6.61 Å². The lowest BCUT2D eigenvalue weighted by Gasteiger charge is -2.23. The van der Waals surface area contributed by atoms with Crippen molar-refractivity contribution in [2.45, 2.75) is 52.8 Å². The minimum Gasteiger partial charge on any atom is -0.308 e. The maximum absolute atomic E-state index is 12.0. The molecule has 0 bridgehead atoms. The van der Waals surface area contributed by atoms with Crippen molar-refractivity contribution >= 4 is 7.60 Å². The summed E-state index contributed by atoms with van der Waals surface area (Å²) in [6.07, 6.45) is 0.808. The molecular formula is C9H21O3P. The first-order chi connectivity index (χ1) is 5.92. The summed E-state index contributed by atoms with van der Waals surface area (Å²) in [6, 6.07) is 0. The summed E-state index contributed by atoms with van der Waals surface area (Å²) in [7, 11) is -2.86. The highest BCUT2D eigenvalue weighted by molar-refractivity contribution is 7.54. The van der Waals surface area contributed by atoms with E-state index >= 15 is 0 Å². The Kier molecular flexibility index (Phi) is 5.86. The molecule has 0 aliphatic carbocycles. The van der Waals surface area contributed by atoms with Gasteiger partial charge in [0.25, 0.3) is 0 Å². The summed E-state index contributed by atoms with van der Waals surface area (Å²) < 4.78 is 22.7. The highest BCUT2D eigenvalue weighted by atomic mass is 31.2. The fraction of sp³-hybridized carbons (Fsp3) is 1.00. The normalized spacial score (nSPS) is 16.5. The Balaban J connectivity index is 4.26. The van der Waals surface area contributed by atoms with Crippen molar-refractivity contribution in [1.82, 2.24) is 0 Å². The molecule has 3 nitrogen and oxygen atoms in total. The molecule has 0 aromatic carbocycles. The summed E-state index contributed by atoms with van der Waals surface area (Å²) in [6.45, 7) is 9.94. The largest absolute Gasteiger partial charge is 0.333 e. The second-order valence-electron chi connectivity index (χ2n) is 3.62. The first-order valence-electron chi connectivity index (χ1n) is 4.85. The molecule has 0 amide bonds. The number of rotatable bonds is 6. The minimum absolute atomic E-state index is 0.0508. The summed E-state index contributed by atoms with van der Waals surface area (Å²) >= 11 is 0. The molecule has 80 valence electrons. The SMILES string of the molecule is CCCOP(=O)(OC(C)C)C(C)C. The van der Waals surface area contributed by atoms with Crippen molar-refractivity contribution in [2.75, 3.05) is 6.61 Å². The standard InChI is InChI=1S/C9H21O3P/c1-6-7-11-13(10,9(4)5)12-8(2)3/h8-9H,6-7H2,1-5H3. The first kappa shape index (κ1) is 13.2. The van der Waals surface area contributed by atoms with Crippen LogP contribution in [0, 0.1) is 0 Å². The molecule has 0 aromatic rings. The fourth-order valence-corrected chi connectivity index (χ4v) is 2.44. The molecule has 13 heavy (non-hydrogen) atoms. The Morgan fingerprint density at radius 1 is 1.23 bits per heavy atom. The predicted molar refractivity (Wildman–Crippen MR) is 55.2 cm³/mol. The van der Waals surface area contributed by atoms with Gasteiger partial charge in [-0.05, 0) is 20.3 Å². The Morgan fingerprint density at radius 3 is 2.08 bits per heavy atom. The van der Waals surface area contributed by atoms with Crippen LogP contribution in [-0.2, 0) is 13.6 Å². The molecule has 1 unspecified atom stereocenters. The van der Waals surface area contributed by atoms with E-state index in [-0.39, 0.29) is 11.8 Å². The molecule has 0 fully saturated rings. The molecule has 4 heteroatoms. The van der Waals surface area contributed by atoms with Crippen molar-refractivity contribution in [3.8, 4) is 0 Å². The van der Waals surface area contributed by atoms with Gasteiger partial charge in [-0.25, -0.2) is 0 Å². The molecule has 0 N–H and O–H groups in total.